The van der Waals surface area contributed by atoms with Crippen LogP contribution in [0.3, 0.4) is 0 Å². The molecule has 0 aliphatic rings. The van der Waals surface area contributed by atoms with Gasteiger partial charge in [-0.2, -0.15) is 0 Å². The molecule has 0 spiro atoms. The van der Waals surface area contributed by atoms with Crippen molar-refractivity contribution in [1.82, 2.24) is 0 Å². The van der Waals surface area contributed by atoms with Gasteiger partial charge >= 0.3 is 0 Å². The summed E-state index contributed by atoms with van der Waals surface area (Å²) in [6.45, 7) is 3.49. The van der Waals surface area contributed by atoms with Crippen molar-refractivity contribution in [1.29, 1.82) is 5.41 Å². The molecule has 0 saturated heterocycles. The Bertz CT molecular complexity index is 119. The first-order valence-corrected chi connectivity index (χ1v) is 4.09. The normalized spacial score (nSPS) is 11.5. The highest BCUT2D eigenvalue weighted by Gasteiger charge is 2.11. The number of thioether (sulfide) groups is 1. The van der Waals surface area contributed by atoms with E-state index in [9.17, 15) is 5.11 Å². The third-order valence-corrected chi connectivity index (χ3v) is 1.69. The number of hydrogen-bond donors (Lipinski definition) is 3. The number of nitrogens with two attached hydrogens (primary N) is 1. The van der Waals surface area contributed by atoms with Crippen molar-refractivity contribution in [2.45, 2.75) is 25.9 Å². The summed E-state index contributed by atoms with van der Waals surface area (Å²) in [6, 6.07) is 0. The van der Waals surface area contributed by atoms with E-state index in [1.165, 1.54) is 11.8 Å². The number of aliphatic hydroxyl groups is 1. The molecule has 0 radical (unpaired) electrons. The number of rotatable bonds is 3. The minimum absolute atomic E-state index is 0.115. The van der Waals surface area contributed by atoms with Gasteiger partial charge in [-0.25, -0.2) is 0 Å². The molecule has 0 heterocycles. The molecule has 4 heteroatoms. The zero-order valence-electron chi connectivity index (χ0n) is 6.35. The molecule has 0 unspecified atom stereocenters. The first kappa shape index (κ1) is 9.78. The molecular weight excluding hydrogens is 148 g/mol. The second kappa shape index (κ2) is 3.83. The van der Waals surface area contributed by atoms with E-state index in [1.807, 2.05) is 0 Å². The fourth-order valence-electron chi connectivity index (χ4n) is 0.411. The van der Waals surface area contributed by atoms with Crippen LogP contribution in [0.15, 0.2) is 0 Å². The molecule has 0 atom stereocenters. The molecule has 0 saturated carbocycles. The van der Waals surface area contributed by atoms with Crippen molar-refractivity contribution in [3.05, 3.63) is 0 Å². The minimum atomic E-state index is -0.636. The number of hydrogen-bond acceptors (Lipinski definition) is 3. The second-order valence-corrected chi connectivity index (χ2v) is 3.91. The molecule has 10 heavy (non-hydrogen) atoms. The highest BCUT2D eigenvalue weighted by atomic mass is 32.2. The van der Waals surface area contributed by atoms with Crippen LogP contribution in [-0.2, 0) is 0 Å². The molecule has 60 valence electrons. The van der Waals surface area contributed by atoms with E-state index in [2.05, 4.69) is 0 Å². The van der Waals surface area contributed by atoms with Gasteiger partial charge in [0, 0.05) is 5.75 Å². The molecule has 4 N–H and O–H groups in total. The Kier molecular flexibility index (Phi) is 3.75. The molecule has 0 amide bonds. The van der Waals surface area contributed by atoms with E-state index >= 15 is 0 Å². The summed E-state index contributed by atoms with van der Waals surface area (Å²) < 4.78 is 0. The smallest absolute Gasteiger partial charge is 0.151 e. The third kappa shape index (κ3) is 7.78. The Labute approximate surface area is 65.5 Å². The lowest BCUT2D eigenvalue weighted by Gasteiger charge is -2.15. The lowest BCUT2D eigenvalue weighted by atomic mass is 10.1. The zero-order chi connectivity index (χ0) is 8.20. The molecule has 0 bridgehead atoms. The minimum Gasteiger partial charge on any atom is -0.390 e. The first-order chi connectivity index (χ1) is 4.42. The topological polar surface area (TPSA) is 70.1 Å². The van der Waals surface area contributed by atoms with E-state index in [0.717, 1.165) is 0 Å². The highest BCUT2D eigenvalue weighted by molar-refractivity contribution is 8.13. The average molecular weight is 162 g/mol. The zero-order valence-corrected chi connectivity index (χ0v) is 7.16. The summed E-state index contributed by atoms with van der Waals surface area (Å²) in [5, 5.41) is 16.2. The van der Waals surface area contributed by atoms with E-state index < -0.39 is 5.60 Å². The molecule has 3 nitrogen and oxygen atoms in total. The molecule has 0 aliphatic heterocycles. The van der Waals surface area contributed by atoms with Crippen LogP contribution in [0.1, 0.15) is 20.3 Å². The van der Waals surface area contributed by atoms with Crippen molar-refractivity contribution in [3.63, 3.8) is 0 Å². The van der Waals surface area contributed by atoms with E-state index in [-0.39, 0.29) is 5.17 Å². The molecular formula is C6H14N2OS. The Morgan fingerprint density at radius 1 is 1.70 bits per heavy atom. The van der Waals surface area contributed by atoms with E-state index in [4.69, 9.17) is 11.1 Å². The summed E-state index contributed by atoms with van der Waals surface area (Å²) in [6.07, 6.45) is 0.664. The number of amidine groups is 1. The molecule has 0 aromatic rings. The van der Waals surface area contributed by atoms with Crippen molar-refractivity contribution >= 4 is 16.9 Å². The van der Waals surface area contributed by atoms with Gasteiger partial charge in [-0.1, -0.05) is 11.8 Å². The van der Waals surface area contributed by atoms with Crippen LogP contribution in [0.25, 0.3) is 0 Å². The summed E-state index contributed by atoms with van der Waals surface area (Å²) >= 11 is 1.26. The van der Waals surface area contributed by atoms with Gasteiger partial charge in [-0.05, 0) is 20.3 Å². The third-order valence-electron chi connectivity index (χ3n) is 0.971. The predicted octanol–water partition coefficient (Wildman–Crippen LogP) is 0.774. The van der Waals surface area contributed by atoms with Gasteiger partial charge in [0.05, 0.1) is 5.60 Å². The van der Waals surface area contributed by atoms with Gasteiger partial charge in [0.25, 0.3) is 0 Å². The van der Waals surface area contributed by atoms with Gasteiger partial charge < -0.3 is 10.8 Å². The Morgan fingerprint density at radius 3 is 2.50 bits per heavy atom. The average Bonchev–Trinajstić information content (AvgIpc) is 1.59. The fraction of sp³-hybridized carbons (Fsp3) is 0.833. The van der Waals surface area contributed by atoms with Crippen LogP contribution in [0.2, 0.25) is 0 Å². The molecule has 0 rings (SSSR count). The molecule has 0 fully saturated rings. The van der Waals surface area contributed by atoms with Crippen molar-refractivity contribution in [3.8, 4) is 0 Å². The highest BCUT2D eigenvalue weighted by Crippen LogP contribution is 2.11. The maximum absolute atomic E-state index is 9.21. The van der Waals surface area contributed by atoms with Crippen LogP contribution in [-0.4, -0.2) is 21.6 Å². The van der Waals surface area contributed by atoms with Crippen molar-refractivity contribution in [2.75, 3.05) is 5.75 Å². The summed E-state index contributed by atoms with van der Waals surface area (Å²) in [5.41, 5.74) is 4.45. The van der Waals surface area contributed by atoms with E-state index in [1.54, 1.807) is 13.8 Å². The maximum Gasteiger partial charge on any atom is 0.151 e. The molecule has 0 aromatic heterocycles. The van der Waals surface area contributed by atoms with Gasteiger partial charge in [0.15, 0.2) is 5.17 Å². The SMILES string of the molecule is CC(C)(O)CCSC(=N)N. The van der Waals surface area contributed by atoms with Crippen molar-refractivity contribution in [2.24, 2.45) is 5.73 Å². The monoisotopic (exact) mass is 162 g/mol. The molecule has 0 aromatic carbocycles. The van der Waals surface area contributed by atoms with Gasteiger partial charge in [-0.3, -0.25) is 5.41 Å². The Morgan fingerprint density at radius 2 is 2.20 bits per heavy atom. The second-order valence-electron chi connectivity index (χ2n) is 2.78. The van der Waals surface area contributed by atoms with E-state index in [0.29, 0.717) is 12.2 Å². The predicted molar refractivity (Wildman–Crippen MR) is 45.3 cm³/mol. The van der Waals surface area contributed by atoms with Crippen LogP contribution < -0.4 is 5.73 Å². The standard InChI is InChI=1S/C6H14N2OS/c1-6(2,9)3-4-10-5(7)8/h9H,3-4H2,1-2H3,(H3,7,8). The largest absolute Gasteiger partial charge is 0.390 e. The maximum atomic E-state index is 9.21. The lowest BCUT2D eigenvalue weighted by molar-refractivity contribution is 0.0778. The van der Waals surface area contributed by atoms with Gasteiger partial charge in [-0.15, -0.1) is 0 Å². The Hall–Kier alpha value is -0.220. The quantitative estimate of drug-likeness (QED) is 0.424. The fourth-order valence-corrected chi connectivity index (χ4v) is 1.23. The number of nitrogens with one attached hydrogen (secondary N) is 1. The summed E-state index contributed by atoms with van der Waals surface area (Å²) in [7, 11) is 0. The van der Waals surface area contributed by atoms with Crippen molar-refractivity contribution < 1.29 is 5.11 Å². The molecule has 0 aliphatic carbocycles. The van der Waals surface area contributed by atoms with Gasteiger partial charge in [0.1, 0.15) is 0 Å². The Balaban J connectivity index is 3.29. The summed E-state index contributed by atoms with van der Waals surface area (Å²) in [5.74, 6) is 0.707. The summed E-state index contributed by atoms with van der Waals surface area (Å²) in [4.78, 5) is 0. The van der Waals surface area contributed by atoms with Crippen LogP contribution >= 0.6 is 11.8 Å². The van der Waals surface area contributed by atoms with Crippen LogP contribution in [0.4, 0.5) is 0 Å². The first-order valence-electron chi connectivity index (χ1n) is 3.11. The van der Waals surface area contributed by atoms with Crippen LogP contribution in [0, 0.1) is 5.41 Å². The lowest BCUT2D eigenvalue weighted by Crippen LogP contribution is -2.20. The van der Waals surface area contributed by atoms with Crippen LogP contribution in [0.5, 0.6) is 0 Å². The van der Waals surface area contributed by atoms with Gasteiger partial charge in [0.2, 0.25) is 0 Å².